The second-order valence-electron chi connectivity index (χ2n) is 5.04. The van der Waals surface area contributed by atoms with E-state index in [1.165, 1.54) is 6.20 Å². The molecule has 0 unspecified atom stereocenters. The maximum absolute atomic E-state index is 12.2. The van der Waals surface area contributed by atoms with Crippen LogP contribution in [0, 0.1) is 0 Å². The Labute approximate surface area is 119 Å². The van der Waals surface area contributed by atoms with Crippen molar-refractivity contribution in [2.45, 2.75) is 32.6 Å². The van der Waals surface area contributed by atoms with Gasteiger partial charge in [0.25, 0.3) is 11.8 Å². The van der Waals surface area contributed by atoms with Gasteiger partial charge in [-0.3, -0.25) is 14.6 Å². The Morgan fingerprint density at radius 2 is 2.10 bits per heavy atom. The average Bonchev–Trinajstić information content (AvgIpc) is 3.01. The fourth-order valence-electron chi connectivity index (χ4n) is 2.26. The lowest BCUT2D eigenvalue weighted by atomic mass is 10.2. The number of unbranched alkanes of at least 4 members (excludes halogenated alkanes) is 1. The van der Waals surface area contributed by atoms with E-state index in [-0.39, 0.29) is 11.8 Å². The Balaban J connectivity index is 2.03. The number of hydrogen-bond donors (Lipinski definition) is 1. The first-order valence-corrected chi connectivity index (χ1v) is 7.26. The Kier molecular flexibility index (Phi) is 5.09. The summed E-state index contributed by atoms with van der Waals surface area (Å²) in [5.74, 6) is -0.220. The molecule has 1 aromatic heterocycles. The van der Waals surface area contributed by atoms with Crippen LogP contribution >= 0.6 is 0 Å². The van der Waals surface area contributed by atoms with Gasteiger partial charge in [0.05, 0.1) is 0 Å². The second kappa shape index (κ2) is 7.03. The van der Waals surface area contributed by atoms with Gasteiger partial charge < -0.3 is 10.2 Å². The summed E-state index contributed by atoms with van der Waals surface area (Å²) in [7, 11) is 0. The van der Waals surface area contributed by atoms with Crippen LogP contribution in [0.3, 0.4) is 0 Å². The zero-order valence-electron chi connectivity index (χ0n) is 11.9. The zero-order chi connectivity index (χ0) is 14.4. The maximum Gasteiger partial charge on any atom is 0.269 e. The van der Waals surface area contributed by atoms with E-state index in [4.69, 9.17) is 0 Å². The van der Waals surface area contributed by atoms with Crippen LogP contribution in [0.1, 0.15) is 53.5 Å². The summed E-state index contributed by atoms with van der Waals surface area (Å²) in [5.41, 5.74) is 0.855. The molecule has 0 bridgehead atoms. The lowest BCUT2D eigenvalue weighted by Crippen LogP contribution is -2.29. The van der Waals surface area contributed by atoms with Crippen LogP contribution in [0.5, 0.6) is 0 Å². The molecule has 0 aliphatic carbocycles. The highest BCUT2D eigenvalue weighted by Gasteiger charge is 2.20. The summed E-state index contributed by atoms with van der Waals surface area (Å²) in [4.78, 5) is 30.0. The van der Waals surface area contributed by atoms with Gasteiger partial charge >= 0.3 is 0 Å². The highest BCUT2D eigenvalue weighted by Crippen LogP contribution is 2.13. The molecule has 1 N–H and O–H groups in total. The standard InChI is InChI=1S/C15H21N3O2/c1-2-3-7-17-14(19)13-11-12(6-8-16-13)15(20)18-9-4-5-10-18/h6,8,11H,2-5,7,9-10H2,1H3,(H,17,19). The van der Waals surface area contributed by atoms with Crippen molar-refractivity contribution in [2.75, 3.05) is 19.6 Å². The minimum Gasteiger partial charge on any atom is -0.351 e. The summed E-state index contributed by atoms with van der Waals surface area (Å²) in [5, 5.41) is 2.81. The molecule has 5 heteroatoms. The third kappa shape index (κ3) is 3.56. The van der Waals surface area contributed by atoms with Crippen molar-refractivity contribution >= 4 is 11.8 Å². The minimum atomic E-state index is -0.213. The molecule has 0 atom stereocenters. The number of aromatic nitrogens is 1. The molecule has 2 rings (SSSR count). The third-order valence-corrected chi connectivity index (χ3v) is 3.45. The molecule has 108 valence electrons. The SMILES string of the molecule is CCCCNC(=O)c1cc(C(=O)N2CCCC2)ccn1. The molecule has 2 heterocycles. The number of carbonyl (C=O) groups excluding carboxylic acids is 2. The van der Waals surface area contributed by atoms with Gasteiger partial charge in [0.2, 0.25) is 0 Å². The quantitative estimate of drug-likeness (QED) is 0.834. The summed E-state index contributed by atoms with van der Waals surface area (Å²) in [6, 6.07) is 3.26. The van der Waals surface area contributed by atoms with Gasteiger partial charge in [0.1, 0.15) is 5.69 Å². The van der Waals surface area contributed by atoms with Crippen molar-refractivity contribution in [1.29, 1.82) is 0 Å². The number of amides is 2. The monoisotopic (exact) mass is 275 g/mol. The number of hydrogen-bond acceptors (Lipinski definition) is 3. The highest BCUT2D eigenvalue weighted by atomic mass is 16.2. The van der Waals surface area contributed by atoms with E-state index in [0.717, 1.165) is 38.8 Å². The van der Waals surface area contributed by atoms with Gasteiger partial charge in [-0.2, -0.15) is 0 Å². The Hall–Kier alpha value is -1.91. The van der Waals surface area contributed by atoms with E-state index >= 15 is 0 Å². The van der Waals surface area contributed by atoms with Gasteiger partial charge in [0, 0.05) is 31.4 Å². The van der Waals surface area contributed by atoms with Crippen LogP contribution in [0.4, 0.5) is 0 Å². The van der Waals surface area contributed by atoms with Gasteiger partial charge in [0.15, 0.2) is 0 Å². The Bertz CT molecular complexity index is 482. The van der Waals surface area contributed by atoms with Crippen LogP contribution in [0.25, 0.3) is 0 Å². The molecule has 5 nitrogen and oxygen atoms in total. The van der Waals surface area contributed by atoms with E-state index in [2.05, 4.69) is 17.2 Å². The molecule has 0 aromatic carbocycles. The lowest BCUT2D eigenvalue weighted by Gasteiger charge is -2.15. The normalized spacial score (nSPS) is 14.3. The van der Waals surface area contributed by atoms with Crippen molar-refractivity contribution in [3.8, 4) is 0 Å². The molecule has 2 amide bonds. The van der Waals surface area contributed by atoms with Crippen LogP contribution < -0.4 is 5.32 Å². The summed E-state index contributed by atoms with van der Waals surface area (Å²) in [6.07, 6.45) is 5.61. The first-order chi connectivity index (χ1) is 9.72. The van der Waals surface area contributed by atoms with E-state index < -0.39 is 0 Å². The Morgan fingerprint density at radius 3 is 2.80 bits per heavy atom. The first kappa shape index (κ1) is 14.5. The zero-order valence-corrected chi connectivity index (χ0v) is 11.9. The van der Waals surface area contributed by atoms with Crippen molar-refractivity contribution < 1.29 is 9.59 Å². The number of carbonyl (C=O) groups is 2. The van der Waals surface area contributed by atoms with E-state index in [1.807, 2.05) is 4.90 Å². The van der Waals surface area contributed by atoms with Gasteiger partial charge in [-0.05, 0) is 31.4 Å². The van der Waals surface area contributed by atoms with Crippen LogP contribution in [-0.4, -0.2) is 41.3 Å². The van der Waals surface area contributed by atoms with Crippen LogP contribution in [-0.2, 0) is 0 Å². The Morgan fingerprint density at radius 1 is 1.35 bits per heavy atom. The van der Waals surface area contributed by atoms with Crippen LogP contribution in [0.15, 0.2) is 18.3 Å². The van der Waals surface area contributed by atoms with Crippen LogP contribution in [0.2, 0.25) is 0 Å². The average molecular weight is 275 g/mol. The molecule has 1 aliphatic rings. The summed E-state index contributed by atoms with van der Waals surface area (Å²) in [6.45, 7) is 4.32. The van der Waals surface area contributed by atoms with E-state index in [9.17, 15) is 9.59 Å². The van der Waals surface area contributed by atoms with Gasteiger partial charge in [-0.25, -0.2) is 0 Å². The molecule has 1 aromatic rings. The highest BCUT2D eigenvalue weighted by molar-refractivity contribution is 5.98. The fraction of sp³-hybridized carbons (Fsp3) is 0.533. The molecule has 1 aliphatic heterocycles. The maximum atomic E-state index is 12.2. The topological polar surface area (TPSA) is 62.3 Å². The largest absolute Gasteiger partial charge is 0.351 e. The molecule has 1 saturated heterocycles. The minimum absolute atomic E-state index is 0.00694. The number of pyridine rings is 1. The molecule has 1 fully saturated rings. The van der Waals surface area contributed by atoms with Crippen molar-refractivity contribution in [1.82, 2.24) is 15.2 Å². The lowest BCUT2D eigenvalue weighted by molar-refractivity contribution is 0.0792. The van der Waals surface area contributed by atoms with Gasteiger partial charge in [-0.1, -0.05) is 13.3 Å². The third-order valence-electron chi connectivity index (χ3n) is 3.45. The van der Waals surface area contributed by atoms with Gasteiger partial charge in [-0.15, -0.1) is 0 Å². The predicted molar refractivity (Wildman–Crippen MR) is 76.6 cm³/mol. The van der Waals surface area contributed by atoms with E-state index in [1.54, 1.807) is 12.1 Å². The number of nitrogens with one attached hydrogen (secondary N) is 1. The molecule has 0 spiro atoms. The molecular formula is C15H21N3O2. The molecule has 20 heavy (non-hydrogen) atoms. The number of nitrogens with zero attached hydrogens (tertiary/aromatic N) is 2. The second-order valence-corrected chi connectivity index (χ2v) is 5.04. The number of likely N-dealkylation sites (tertiary alicyclic amines) is 1. The van der Waals surface area contributed by atoms with Crippen molar-refractivity contribution in [2.24, 2.45) is 0 Å². The van der Waals surface area contributed by atoms with Crippen molar-refractivity contribution in [3.05, 3.63) is 29.6 Å². The number of rotatable bonds is 5. The first-order valence-electron chi connectivity index (χ1n) is 7.26. The van der Waals surface area contributed by atoms with Crippen molar-refractivity contribution in [3.63, 3.8) is 0 Å². The molecule has 0 radical (unpaired) electrons. The summed E-state index contributed by atoms with van der Waals surface area (Å²) < 4.78 is 0. The van der Waals surface area contributed by atoms with E-state index in [0.29, 0.717) is 17.8 Å². The summed E-state index contributed by atoms with van der Waals surface area (Å²) >= 11 is 0. The fourth-order valence-corrected chi connectivity index (χ4v) is 2.26. The smallest absolute Gasteiger partial charge is 0.269 e. The predicted octanol–water partition coefficient (Wildman–Crippen LogP) is 1.85. The molecule has 0 saturated carbocycles. The molecular weight excluding hydrogens is 254 g/mol.